The molecular formula is C16H30N2. The van der Waals surface area contributed by atoms with E-state index in [4.69, 9.17) is 5.73 Å². The van der Waals surface area contributed by atoms with Gasteiger partial charge in [0.2, 0.25) is 0 Å². The predicted molar refractivity (Wildman–Crippen MR) is 76.5 cm³/mol. The highest BCUT2D eigenvalue weighted by atomic mass is 15.2. The van der Waals surface area contributed by atoms with Crippen LogP contribution in [0.15, 0.2) is 0 Å². The van der Waals surface area contributed by atoms with Crippen LogP contribution in [0.4, 0.5) is 0 Å². The van der Waals surface area contributed by atoms with Crippen LogP contribution in [0.3, 0.4) is 0 Å². The maximum Gasteiger partial charge on any atom is 0.0331 e. The van der Waals surface area contributed by atoms with Crippen molar-refractivity contribution >= 4 is 0 Å². The Kier molecular flexibility index (Phi) is 3.95. The summed E-state index contributed by atoms with van der Waals surface area (Å²) in [5, 5.41) is 0. The molecule has 1 saturated heterocycles. The molecule has 0 bridgehead atoms. The molecule has 2 atom stereocenters. The molecule has 2 saturated carbocycles. The number of hydrogen-bond donors (Lipinski definition) is 1. The van der Waals surface area contributed by atoms with E-state index in [0.717, 1.165) is 18.4 Å². The second kappa shape index (κ2) is 5.50. The third-order valence-electron chi connectivity index (χ3n) is 6.06. The van der Waals surface area contributed by atoms with E-state index in [0.29, 0.717) is 5.54 Å². The molecule has 1 aliphatic heterocycles. The van der Waals surface area contributed by atoms with Crippen LogP contribution in [0.1, 0.15) is 64.2 Å². The fourth-order valence-electron chi connectivity index (χ4n) is 4.84. The summed E-state index contributed by atoms with van der Waals surface area (Å²) >= 11 is 0. The highest BCUT2D eigenvalue weighted by Crippen LogP contribution is 2.43. The first-order valence-corrected chi connectivity index (χ1v) is 8.29. The Bertz CT molecular complexity index is 256. The normalized spacial score (nSPS) is 37.2. The van der Waals surface area contributed by atoms with Crippen LogP contribution in [0.5, 0.6) is 0 Å². The van der Waals surface area contributed by atoms with Crippen molar-refractivity contribution in [1.29, 1.82) is 0 Å². The van der Waals surface area contributed by atoms with Crippen molar-refractivity contribution in [1.82, 2.24) is 4.90 Å². The first-order valence-electron chi connectivity index (χ1n) is 8.29. The zero-order valence-electron chi connectivity index (χ0n) is 11.9. The van der Waals surface area contributed by atoms with Gasteiger partial charge in [0.1, 0.15) is 0 Å². The minimum Gasteiger partial charge on any atom is -0.329 e. The molecule has 2 N–H and O–H groups in total. The summed E-state index contributed by atoms with van der Waals surface area (Å²) in [6.07, 6.45) is 14.3. The molecule has 0 spiro atoms. The van der Waals surface area contributed by atoms with E-state index in [2.05, 4.69) is 4.90 Å². The molecule has 2 nitrogen and oxygen atoms in total. The van der Waals surface area contributed by atoms with E-state index in [1.165, 1.54) is 77.3 Å². The van der Waals surface area contributed by atoms with Gasteiger partial charge < -0.3 is 5.73 Å². The molecule has 2 heteroatoms. The Balaban J connectivity index is 1.69. The molecule has 0 amide bonds. The van der Waals surface area contributed by atoms with Crippen molar-refractivity contribution in [3.63, 3.8) is 0 Å². The average Bonchev–Trinajstić information content (AvgIpc) is 2.90. The van der Waals surface area contributed by atoms with Gasteiger partial charge in [-0.2, -0.15) is 0 Å². The van der Waals surface area contributed by atoms with Crippen molar-refractivity contribution in [3.05, 3.63) is 0 Å². The number of fused-ring (bicyclic) bond motifs is 1. The molecule has 104 valence electrons. The molecule has 0 aromatic rings. The Morgan fingerprint density at radius 1 is 0.833 bits per heavy atom. The van der Waals surface area contributed by atoms with Crippen LogP contribution in [-0.2, 0) is 0 Å². The van der Waals surface area contributed by atoms with Gasteiger partial charge in [0.05, 0.1) is 0 Å². The Morgan fingerprint density at radius 2 is 1.39 bits per heavy atom. The third-order valence-corrected chi connectivity index (χ3v) is 6.06. The topological polar surface area (TPSA) is 29.3 Å². The molecule has 3 fully saturated rings. The van der Waals surface area contributed by atoms with Gasteiger partial charge in [0.25, 0.3) is 0 Å². The van der Waals surface area contributed by atoms with Crippen LogP contribution in [0.2, 0.25) is 0 Å². The zero-order chi connectivity index (χ0) is 12.4. The Hall–Kier alpha value is -0.0800. The number of rotatable bonds is 2. The maximum atomic E-state index is 6.25. The predicted octanol–water partition coefficient (Wildman–Crippen LogP) is 3.16. The van der Waals surface area contributed by atoms with E-state index in [1.807, 2.05) is 0 Å². The minimum atomic E-state index is 0.380. The summed E-state index contributed by atoms with van der Waals surface area (Å²) in [6.45, 7) is 3.62. The van der Waals surface area contributed by atoms with Crippen molar-refractivity contribution in [3.8, 4) is 0 Å². The van der Waals surface area contributed by atoms with Crippen molar-refractivity contribution in [2.75, 3.05) is 19.6 Å². The molecule has 2 aliphatic carbocycles. The molecule has 2 unspecified atom stereocenters. The number of nitrogens with two attached hydrogens (primary N) is 1. The highest BCUT2D eigenvalue weighted by Gasteiger charge is 2.44. The first kappa shape index (κ1) is 12.9. The standard InChI is InChI=1S/C16H30N2/c17-13-16(9-4-2-1-3-5-10-16)18-11-14-7-6-8-15(14)12-18/h14-15H,1-13,17H2. The summed E-state index contributed by atoms with van der Waals surface area (Å²) in [5.41, 5.74) is 6.63. The maximum absolute atomic E-state index is 6.25. The number of likely N-dealkylation sites (tertiary alicyclic amines) is 1. The highest BCUT2D eigenvalue weighted by molar-refractivity contribution is 4.99. The van der Waals surface area contributed by atoms with Crippen LogP contribution in [-0.4, -0.2) is 30.1 Å². The molecule has 0 aromatic heterocycles. The van der Waals surface area contributed by atoms with Gasteiger partial charge in [-0.1, -0.05) is 38.5 Å². The summed E-state index contributed by atoms with van der Waals surface area (Å²) in [5.74, 6) is 2.03. The van der Waals surface area contributed by atoms with E-state index >= 15 is 0 Å². The largest absolute Gasteiger partial charge is 0.329 e. The second-order valence-corrected chi connectivity index (χ2v) is 7.05. The monoisotopic (exact) mass is 250 g/mol. The van der Waals surface area contributed by atoms with Gasteiger partial charge >= 0.3 is 0 Å². The van der Waals surface area contributed by atoms with Crippen LogP contribution < -0.4 is 5.73 Å². The van der Waals surface area contributed by atoms with E-state index in [9.17, 15) is 0 Å². The van der Waals surface area contributed by atoms with Crippen LogP contribution >= 0.6 is 0 Å². The van der Waals surface area contributed by atoms with Gasteiger partial charge in [0, 0.05) is 25.2 Å². The Morgan fingerprint density at radius 3 is 1.94 bits per heavy atom. The molecule has 3 rings (SSSR count). The van der Waals surface area contributed by atoms with Gasteiger partial charge in [-0.15, -0.1) is 0 Å². The lowest BCUT2D eigenvalue weighted by Crippen LogP contribution is -2.53. The lowest BCUT2D eigenvalue weighted by molar-refractivity contribution is 0.0830. The van der Waals surface area contributed by atoms with Crippen molar-refractivity contribution in [2.45, 2.75) is 69.7 Å². The fraction of sp³-hybridized carbons (Fsp3) is 1.00. The number of hydrogen-bond acceptors (Lipinski definition) is 2. The van der Waals surface area contributed by atoms with Crippen molar-refractivity contribution < 1.29 is 0 Å². The average molecular weight is 250 g/mol. The lowest BCUT2D eigenvalue weighted by atomic mass is 9.82. The lowest BCUT2D eigenvalue weighted by Gasteiger charge is -2.43. The van der Waals surface area contributed by atoms with Crippen LogP contribution in [0.25, 0.3) is 0 Å². The van der Waals surface area contributed by atoms with Crippen LogP contribution in [0, 0.1) is 11.8 Å². The van der Waals surface area contributed by atoms with Crippen molar-refractivity contribution in [2.24, 2.45) is 17.6 Å². The molecule has 0 radical (unpaired) electrons. The molecular weight excluding hydrogens is 220 g/mol. The Labute approximate surface area is 112 Å². The van der Waals surface area contributed by atoms with Gasteiger partial charge in [-0.25, -0.2) is 0 Å². The van der Waals surface area contributed by atoms with E-state index in [-0.39, 0.29) is 0 Å². The van der Waals surface area contributed by atoms with Gasteiger partial charge in [-0.3, -0.25) is 4.90 Å². The van der Waals surface area contributed by atoms with E-state index < -0.39 is 0 Å². The first-order chi connectivity index (χ1) is 8.84. The summed E-state index contributed by atoms with van der Waals surface area (Å²) in [4.78, 5) is 2.83. The zero-order valence-corrected chi connectivity index (χ0v) is 11.9. The molecule has 18 heavy (non-hydrogen) atoms. The third kappa shape index (κ3) is 2.34. The number of nitrogens with zero attached hydrogens (tertiary/aromatic N) is 1. The fourth-order valence-corrected chi connectivity index (χ4v) is 4.84. The van der Waals surface area contributed by atoms with E-state index in [1.54, 1.807) is 0 Å². The summed E-state index contributed by atoms with van der Waals surface area (Å²) < 4.78 is 0. The smallest absolute Gasteiger partial charge is 0.0331 e. The summed E-state index contributed by atoms with van der Waals surface area (Å²) in [7, 11) is 0. The molecule has 1 heterocycles. The molecule has 3 aliphatic rings. The summed E-state index contributed by atoms with van der Waals surface area (Å²) in [6, 6.07) is 0. The molecule has 0 aromatic carbocycles. The van der Waals surface area contributed by atoms with Gasteiger partial charge in [0.15, 0.2) is 0 Å². The quantitative estimate of drug-likeness (QED) is 0.815. The minimum absolute atomic E-state index is 0.380. The SMILES string of the molecule is NCC1(N2CC3CCCC3C2)CCCCCCC1. The van der Waals surface area contributed by atoms with Gasteiger partial charge in [-0.05, 0) is 37.5 Å². The second-order valence-electron chi connectivity index (χ2n) is 7.05.